The van der Waals surface area contributed by atoms with Crippen LogP contribution in [0.5, 0.6) is 17.2 Å². The van der Waals surface area contributed by atoms with Crippen molar-refractivity contribution >= 4 is 17.6 Å². The molecule has 35 heavy (non-hydrogen) atoms. The molecule has 2 heterocycles. The van der Waals surface area contributed by atoms with Crippen molar-refractivity contribution < 1.29 is 23.8 Å². The highest BCUT2D eigenvalue weighted by Crippen LogP contribution is 2.34. The van der Waals surface area contributed by atoms with Crippen LogP contribution in [0.1, 0.15) is 24.8 Å². The number of hydrogen-bond donors (Lipinski definition) is 1. The SMILES string of the molecule is COc1cccc(NC(=O)N2CC[C@H]3CC(=O)N(CCc4cccc(OC)c4OC)CC[C@H]3C2)c1. The lowest BCUT2D eigenvalue weighted by molar-refractivity contribution is -0.131. The first kappa shape index (κ1) is 24.7. The van der Waals surface area contributed by atoms with Crippen LogP contribution in [0.2, 0.25) is 0 Å². The largest absolute Gasteiger partial charge is 0.497 e. The minimum atomic E-state index is -0.103. The highest BCUT2D eigenvalue weighted by Gasteiger charge is 2.36. The van der Waals surface area contributed by atoms with E-state index in [9.17, 15) is 9.59 Å². The van der Waals surface area contributed by atoms with Crippen molar-refractivity contribution in [2.24, 2.45) is 11.8 Å². The van der Waals surface area contributed by atoms with Crippen LogP contribution >= 0.6 is 0 Å². The van der Waals surface area contributed by atoms with Crippen LogP contribution in [-0.2, 0) is 11.2 Å². The molecule has 2 aliphatic rings. The summed E-state index contributed by atoms with van der Waals surface area (Å²) in [5.74, 6) is 2.97. The zero-order valence-corrected chi connectivity index (χ0v) is 20.8. The number of piperidine rings is 1. The van der Waals surface area contributed by atoms with Crippen molar-refractivity contribution in [3.63, 3.8) is 0 Å². The van der Waals surface area contributed by atoms with Crippen LogP contribution in [0.4, 0.5) is 10.5 Å². The second kappa shape index (κ2) is 11.3. The lowest BCUT2D eigenvalue weighted by atomic mass is 9.82. The second-order valence-corrected chi connectivity index (χ2v) is 9.19. The fraction of sp³-hybridized carbons (Fsp3) is 0.481. The van der Waals surface area contributed by atoms with Crippen LogP contribution in [0, 0.1) is 11.8 Å². The number of urea groups is 1. The van der Waals surface area contributed by atoms with Gasteiger partial charge in [-0.1, -0.05) is 18.2 Å². The number of carbonyl (C=O) groups is 2. The number of likely N-dealkylation sites (tertiary alicyclic amines) is 2. The van der Waals surface area contributed by atoms with Crippen molar-refractivity contribution in [2.45, 2.75) is 25.7 Å². The zero-order chi connectivity index (χ0) is 24.8. The summed E-state index contributed by atoms with van der Waals surface area (Å²) in [4.78, 5) is 29.8. The van der Waals surface area contributed by atoms with E-state index in [1.54, 1.807) is 21.3 Å². The van der Waals surface area contributed by atoms with Gasteiger partial charge in [-0.2, -0.15) is 0 Å². The molecule has 2 fully saturated rings. The Morgan fingerprint density at radius 2 is 1.80 bits per heavy atom. The number of hydrogen-bond acceptors (Lipinski definition) is 5. The van der Waals surface area contributed by atoms with Crippen molar-refractivity contribution in [1.29, 1.82) is 0 Å². The van der Waals surface area contributed by atoms with Crippen LogP contribution in [0.15, 0.2) is 42.5 Å². The molecule has 3 amide bonds. The maximum atomic E-state index is 13.1. The minimum Gasteiger partial charge on any atom is -0.497 e. The van der Waals surface area contributed by atoms with Gasteiger partial charge in [0.05, 0.1) is 21.3 Å². The molecule has 4 rings (SSSR count). The molecule has 0 spiro atoms. The van der Waals surface area contributed by atoms with E-state index in [2.05, 4.69) is 5.32 Å². The van der Waals surface area contributed by atoms with Crippen LogP contribution in [0.3, 0.4) is 0 Å². The minimum absolute atomic E-state index is 0.103. The van der Waals surface area contributed by atoms with Crippen LogP contribution in [0.25, 0.3) is 0 Å². The molecule has 2 aromatic carbocycles. The smallest absolute Gasteiger partial charge is 0.321 e. The molecule has 2 atom stereocenters. The molecule has 0 aliphatic carbocycles. The van der Waals surface area contributed by atoms with Gasteiger partial charge in [-0.05, 0) is 54.9 Å². The molecule has 0 bridgehead atoms. The van der Waals surface area contributed by atoms with E-state index in [-0.39, 0.29) is 11.9 Å². The predicted octanol–water partition coefficient (Wildman–Crippen LogP) is 4.05. The molecule has 0 saturated carbocycles. The Hall–Kier alpha value is -3.42. The summed E-state index contributed by atoms with van der Waals surface area (Å²) in [5.41, 5.74) is 1.74. The average molecular weight is 482 g/mol. The first-order valence-electron chi connectivity index (χ1n) is 12.2. The number of para-hydroxylation sites is 1. The van der Waals surface area contributed by atoms with Crippen molar-refractivity contribution in [3.8, 4) is 17.2 Å². The maximum Gasteiger partial charge on any atom is 0.321 e. The van der Waals surface area contributed by atoms with E-state index >= 15 is 0 Å². The van der Waals surface area contributed by atoms with Crippen LogP contribution < -0.4 is 19.5 Å². The Morgan fingerprint density at radius 1 is 1.00 bits per heavy atom. The molecule has 188 valence electrons. The van der Waals surface area contributed by atoms with Gasteiger partial charge in [-0.25, -0.2) is 4.79 Å². The van der Waals surface area contributed by atoms with Gasteiger partial charge in [0, 0.05) is 44.4 Å². The normalized spacial score (nSPS) is 20.0. The third-order valence-electron chi connectivity index (χ3n) is 7.19. The molecular formula is C27H35N3O5. The Bertz CT molecular complexity index is 1040. The van der Waals surface area contributed by atoms with Crippen molar-refractivity contribution in [3.05, 3.63) is 48.0 Å². The number of fused-ring (bicyclic) bond motifs is 1. The fourth-order valence-electron chi connectivity index (χ4n) is 5.21. The number of methoxy groups -OCH3 is 3. The number of carbonyl (C=O) groups excluding carboxylic acids is 2. The summed E-state index contributed by atoms with van der Waals surface area (Å²) < 4.78 is 16.2. The Balaban J connectivity index is 1.34. The third-order valence-corrected chi connectivity index (χ3v) is 7.19. The number of nitrogens with one attached hydrogen (secondary N) is 1. The number of amides is 3. The molecule has 1 N–H and O–H groups in total. The van der Waals surface area contributed by atoms with Gasteiger partial charge in [0.15, 0.2) is 11.5 Å². The lowest BCUT2D eigenvalue weighted by Gasteiger charge is -2.37. The summed E-state index contributed by atoms with van der Waals surface area (Å²) in [6.45, 7) is 2.68. The monoisotopic (exact) mass is 481 g/mol. The predicted molar refractivity (Wildman–Crippen MR) is 134 cm³/mol. The molecule has 0 radical (unpaired) electrons. The van der Waals surface area contributed by atoms with Crippen molar-refractivity contribution in [2.75, 3.05) is 52.8 Å². The summed E-state index contributed by atoms with van der Waals surface area (Å²) in [5, 5.41) is 2.98. The topological polar surface area (TPSA) is 80.3 Å². The maximum absolute atomic E-state index is 13.1. The number of anilines is 1. The number of benzene rings is 2. The zero-order valence-electron chi connectivity index (χ0n) is 20.8. The highest BCUT2D eigenvalue weighted by molar-refractivity contribution is 5.89. The summed E-state index contributed by atoms with van der Waals surface area (Å²) in [6.07, 6.45) is 3.00. The molecule has 0 unspecified atom stereocenters. The Kier molecular flexibility index (Phi) is 8.00. The van der Waals surface area contributed by atoms with Gasteiger partial charge in [-0.3, -0.25) is 4.79 Å². The van der Waals surface area contributed by atoms with E-state index in [1.165, 1.54) is 0 Å². The Morgan fingerprint density at radius 3 is 2.57 bits per heavy atom. The first-order chi connectivity index (χ1) is 17.0. The molecule has 0 aromatic heterocycles. The van der Waals surface area contributed by atoms with Crippen molar-refractivity contribution in [1.82, 2.24) is 9.80 Å². The van der Waals surface area contributed by atoms with E-state index in [1.807, 2.05) is 52.3 Å². The van der Waals surface area contributed by atoms with E-state index in [0.29, 0.717) is 68.0 Å². The van der Waals surface area contributed by atoms with Gasteiger partial charge >= 0.3 is 6.03 Å². The quantitative estimate of drug-likeness (QED) is 0.646. The third kappa shape index (κ3) is 5.81. The second-order valence-electron chi connectivity index (χ2n) is 9.19. The number of ether oxygens (including phenoxy) is 3. The van der Waals surface area contributed by atoms with Gasteiger partial charge in [0.25, 0.3) is 0 Å². The van der Waals surface area contributed by atoms with E-state index in [0.717, 1.165) is 24.2 Å². The van der Waals surface area contributed by atoms with Gasteiger partial charge in [0.1, 0.15) is 5.75 Å². The molecule has 8 nitrogen and oxygen atoms in total. The highest BCUT2D eigenvalue weighted by atomic mass is 16.5. The molecule has 8 heteroatoms. The average Bonchev–Trinajstić information content (AvgIpc) is 3.04. The first-order valence-corrected chi connectivity index (χ1v) is 12.2. The number of nitrogens with zero attached hydrogens (tertiary/aromatic N) is 2. The number of rotatable bonds is 7. The summed E-state index contributed by atoms with van der Waals surface area (Å²) in [6, 6.07) is 13.1. The standard InChI is InChI=1S/C27H35N3O5/c1-33-23-8-5-7-22(17-23)28-27(32)30-15-11-20-16-25(31)29(14-12-21(20)18-30)13-10-19-6-4-9-24(34-2)26(19)35-3/h4-9,17,20-21H,10-16,18H2,1-3H3,(H,28,32)/t20-,21-/m0/s1. The van der Waals surface area contributed by atoms with Gasteiger partial charge < -0.3 is 29.3 Å². The van der Waals surface area contributed by atoms with Gasteiger partial charge in [0.2, 0.25) is 5.91 Å². The summed E-state index contributed by atoms with van der Waals surface area (Å²) >= 11 is 0. The lowest BCUT2D eigenvalue weighted by Crippen LogP contribution is -2.45. The van der Waals surface area contributed by atoms with Crippen LogP contribution in [-0.4, -0.2) is 69.2 Å². The van der Waals surface area contributed by atoms with Gasteiger partial charge in [-0.15, -0.1) is 0 Å². The fourth-order valence-corrected chi connectivity index (χ4v) is 5.21. The molecule has 2 aliphatic heterocycles. The molecule has 2 saturated heterocycles. The molecule has 2 aromatic rings. The molecular weight excluding hydrogens is 446 g/mol. The van der Waals surface area contributed by atoms with E-state index in [4.69, 9.17) is 14.2 Å². The summed E-state index contributed by atoms with van der Waals surface area (Å²) in [7, 11) is 4.87. The Labute approximate surface area is 207 Å². The van der Waals surface area contributed by atoms with E-state index < -0.39 is 0 Å².